The van der Waals surface area contributed by atoms with Crippen LogP contribution in [0.3, 0.4) is 0 Å². The van der Waals surface area contributed by atoms with Crippen LogP contribution in [0, 0.1) is 0 Å². The molecule has 0 atom stereocenters. The molecule has 3 nitrogen and oxygen atoms in total. The summed E-state index contributed by atoms with van der Waals surface area (Å²) in [4.78, 5) is 12.0. The molecule has 0 unspecified atom stereocenters. The summed E-state index contributed by atoms with van der Waals surface area (Å²) in [6.07, 6.45) is 0. The number of benzene rings is 1. The molecule has 0 aliphatic carbocycles. The molecule has 0 amide bonds. The summed E-state index contributed by atoms with van der Waals surface area (Å²) >= 11 is 0. The summed E-state index contributed by atoms with van der Waals surface area (Å²) in [5.74, 6) is 0.765. The maximum atomic E-state index is 12.0. The van der Waals surface area contributed by atoms with Crippen molar-refractivity contribution in [3.05, 3.63) is 40.7 Å². The Kier molecular flexibility index (Phi) is 2.69. The van der Waals surface area contributed by atoms with E-state index in [0.29, 0.717) is 0 Å². The van der Waals surface area contributed by atoms with Gasteiger partial charge in [-0.25, -0.2) is 0 Å². The highest BCUT2D eigenvalue weighted by atomic mass is 16.5. The summed E-state index contributed by atoms with van der Waals surface area (Å²) in [7, 11) is 1.63. The van der Waals surface area contributed by atoms with Gasteiger partial charge in [0.25, 0.3) is 5.56 Å². The quantitative estimate of drug-likeness (QED) is 0.755. The van der Waals surface area contributed by atoms with Crippen LogP contribution in [0.5, 0.6) is 5.75 Å². The van der Waals surface area contributed by atoms with Crippen molar-refractivity contribution in [3.63, 3.8) is 0 Å². The molecule has 0 radical (unpaired) electrons. The maximum Gasteiger partial charge on any atom is 0.251 e. The lowest BCUT2D eigenvalue weighted by Crippen LogP contribution is -2.33. The van der Waals surface area contributed by atoms with Crippen LogP contribution < -0.4 is 10.3 Å². The molecule has 0 aliphatic rings. The highest BCUT2D eigenvalue weighted by Gasteiger charge is 2.17. The third kappa shape index (κ3) is 2.05. The molecule has 0 spiro atoms. The first-order valence-corrected chi connectivity index (χ1v) is 5.64. The third-order valence-corrected chi connectivity index (χ3v) is 2.78. The van der Waals surface area contributed by atoms with E-state index >= 15 is 0 Å². The van der Waals surface area contributed by atoms with Crippen LogP contribution in [0.1, 0.15) is 20.8 Å². The summed E-state index contributed by atoms with van der Waals surface area (Å²) in [6.45, 7) is 6.06. The summed E-state index contributed by atoms with van der Waals surface area (Å²) in [5, 5.41) is 1.04. The Bertz CT molecular complexity index is 606. The van der Waals surface area contributed by atoms with E-state index in [1.54, 1.807) is 17.7 Å². The molecule has 0 saturated carbocycles. The van der Waals surface area contributed by atoms with Gasteiger partial charge in [0.15, 0.2) is 0 Å². The van der Waals surface area contributed by atoms with Crippen LogP contribution in [0.25, 0.3) is 10.9 Å². The van der Waals surface area contributed by atoms with Crippen LogP contribution in [-0.4, -0.2) is 11.7 Å². The number of fused-ring (bicyclic) bond motifs is 1. The number of hydrogen-bond acceptors (Lipinski definition) is 2. The number of rotatable bonds is 1. The SMILES string of the molecule is COc1ccc2ccc(=O)n(C(C)(C)C)c2c1. The lowest BCUT2D eigenvalue weighted by atomic mass is 10.1. The Morgan fingerprint density at radius 3 is 2.35 bits per heavy atom. The van der Waals surface area contributed by atoms with E-state index < -0.39 is 0 Å². The molecule has 2 rings (SSSR count). The third-order valence-electron chi connectivity index (χ3n) is 2.78. The molecule has 2 aromatic rings. The molecule has 1 aromatic carbocycles. The van der Waals surface area contributed by atoms with E-state index in [0.717, 1.165) is 16.7 Å². The van der Waals surface area contributed by atoms with Gasteiger partial charge in [-0.15, -0.1) is 0 Å². The fourth-order valence-electron chi connectivity index (χ4n) is 2.03. The van der Waals surface area contributed by atoms with E-state index in [1.165, 1.54) is 0 Å². The highest BCUT2D eigenvalue weighted by Crippen LogP contribution is 2.23. The van der Waals surface area contributed by atoms with Gasteiger partial charge in [0.05, 0.1) is 12.6 Å². The van der Waals surface area contributed by atoms with Gasteiger partial charge in [-0.05, 0) is 44.4 Å². The molecule has 1 heterocycles. The van der Waals surface area contributed by atoms with Crippen molar-refractivity contribution < 1.29 is 4.74 Å². The zero-order valence-electron chi connectivity index (χ0n) is 10.7. The molecule has 90 valence electrons. The molecule has 0 N–H and O–H groups in total. The van der Waals surface area contributed by atoms with E-state index in [1.807, 2.05) is 45.0 Å². The number of nitrogens with zero attached hydrogens (tertiary/aromatic N) is 1. The molecule has 3 heteroatoms. The second kappa shape index (κ2) is 3.91. The van der Waals surface area contributed by atoms with Crippen molar-refractivity contribution in [2.24, 2.45) is 0 Å². The predicted molar refractivity (Wildman–Crippen MR) is 69.8 cm³/mol. The normalized spacial score (nSPS) is 11.8. The average Bonchev–Trinajstić information content (AvgIpc) is 2.26. The zero-order valence-corrected chi connectivity index (χ0v) is 10.7. The molecular formula is C14H17NO2. The van der Waals surface area contributed by atoms with Gasteiger partial charge in [-0.1, -0.05) is 0 Å². The van der Waals surface area contributed by atoms with E-state index in [-0.39, 0.29) is 11.1 Å². The Labute approximate surface area is 101 Å². The summed E-state index contributed by atoms with van der Waals surface area (Å²) in [5.41, 5.74) is 0.672. The van der Waals surface area contributed by atoms with Crippen molar-refractivity contribution >= 4 is 10.9 Å². The minimum Gasteiger partial charge on any atom is -0.497 e. The molecule has 0 aliphatic heterocycles. The number of hydrogen-bond donors (Lipinski definition) is 0. The molecule has 17 heavy (non-hydrogen) atoms. The van der Waals surface area contributed by atoms with Gasteiger partial charge in [-0.2, -0.15) is 0 Å². The lowest BCUT2D eigenvalue weighted by Gasteiger charge is -2.24. The largest absolute Gasteiger partial charge is 0.497 e. The number of pyridine rings is 1. The van der Waals surface area contributed by atoms with Crippen LogP contribution >= 0.6 is 0 Å². The van der Waals surface area contributed by atoms with E-state index in [2.05, 4.69) is 0 Å². The Hall–Kier alpha value is -1.77. The van der Waals surface area contributed by atoms with Gasteiger partial charge in [0.1, 0.15) is 5.75 Å². The Balaban J connectivity index is 2.88. The summed E-state index contributed by atoms with van der Waals surface area (Å²) < 4.78 is 7.01. The second-order valence-electron chi connectivity index (χ2n) is 5.10. The monoisotopic (exact) mass is 231 g/mol. The fourth-order valence-corrected chi connectivity index (χ4v) is 2.03. The van der Waals surface area contributed by atoms with Gasteiger partial charge in [-0.3, -0.25) is 4.79 Å². The standard InChI is InChI=1S/C14H17NO2/c1-14(2,3)15-12-9-11(17-4)7-5-10(12)6-8-13(15)16/h5-9H,1-4H3. The summed E-state index contributed by atoms with van der Waals surface area (Å²) in [6, 6.07) is 9.23. The van der Waals surface area contributed by atoms with E-state index in [9.17, 15) is 4.79 Å². The van der Waals surface area contributed by atoms with Gasteiger partial charge >= 0.3 is 0 Å². The topological polar surface area (TPSA) is 31.2 Å². The van der Waals surface area contributed by atoms with Gasteiger partial charge in [0, 0.05) is 17.7 Å². The minimum absolute atomic E-state index is 0.0123. The number of ether oxygens (including phenoxy) is 1. The molecule has 0 bridgehead atoms. The van der Waals surface area contributed by atoms with Crippen molar-refractivity contribution in [3.8, 4) is 5.75 Å². The van der Waals surface area contributed by atoms with Crippen LogP contribution in [0.15, 0.2) is 35.1 Å². The van der Waals surface area contributed by atoms with Crippen molar-refractivity contribution in [1.29, 1.82) is 0 Å². The zero-order chi connectivity index (χ0) is 12.6. The lowest BCUT2D eigenvalue weighted by molar-refractivity contribution is 0.395. The fraction of sp³-hybridized carbons (Fsp3) is 0.357. The first-order valence-electron chi connectivity index (χ1n) is 5.64. The smallest absolute Gasteiger partial charge is 0.251 e. The molecule has 0 fully saturated rings. The van der Waals surface area contributed by atoms with Crippen LogP contribution in [0.2, 0.25) is 0 Å². The van der Waals surface area contributed by atoms with Crippen molar-refractivity contribution in [2.45, 2.75) is 26.3 Å². The number of aromatic nitrogens is 1. The van der Waals surface area contributed by atoms with Crippen molar-refractivity contribution in [2.75, 3.05) is 7.11 Å². The van der Waals surface area contributed by atoms with E-state index in [4.69, 9.17) is 4.74 Å². The molecule has 1 aromatic heterocycles. The maximum absolute atomic E-state index is 12.0. The van der Waals surface area contributed by atoms with Crippen LogP contribution in [0.4, 0.5) is 0 Å². The highest BCUT2D eigenvalue weighted by molar-refractivity contribution is 5.80. The average molecular weight is 231 g/mol. The number of methoxy groups -OCH3 is 1. The predicted octanol–water partition coefficient (Wildman–Crippen LogP) is 2.77. The van der Waals surface area contributed by atoms with Gasteiger partial charge < -0.3 is 9.30 Å². The Morgan fingerprint density at radius 2 is 1.76 bits per heavy atom. The molecular weight excluding hydrogens is 214 g/mol. The Morgan fingerprint density at radius 1 is 1.12 bits per heavy atom. The van der Waals surface area contributed by atoms with Crippen LogP contribution in [-0.2, 0) is 5.54 Å². The first kappa shape index (κ1) is 11.7. The minimum atomic E-state index is -0.247. The van der Waals surface area contributed by atoms with Gasteiger partial charge in [0.2, 0.25) is 0 Å². The second-order valence-corrected chi connectivity index (χ2v) is 5.10. The first-order chi connectivity index (χ1) is 7.93. The van der Waals surface area contributed by atoms with Crippen molar-refractivity contribution in [1.82, 2.24) is 4.57 Å². The molecule has 0 saturated heterocycles.